The lowest BCUT2D eigenvalue weighted by Gasteiger charge is -2.05. The van der Waals surface area contributed by atoms with E-state index in [0.717, 1.165) is 34.6 Å². The summed E-state index contributed by atoms with van der Waals surface area (Å²) >= 11 is 12.6. The highest BCUT2D eigenvalue weighted by Gasteiger charge is 2.15. The van der Waals surface area contributed by atoms with Gasteiger partial charge in [0.2, 0.25) is 0 Å². The molecular formula is C22H19Cl2N5. The van der Waals surface area contributed by atoms with Crippen LogP contribution in [0, 0.1) is 0 Å². The third kappa shape index (κ3) is 4.82. The topological polar surface area (TPSA) is 55.6 Å². The Morgan fingerprint density at radius 3 is 2.24 bits per heavy atom. The molecule has 0 amide bonds. The number of benzene rings is 2. The minimum Gasteiger partial charge on any atom is -0.307 e. The number of hydrogen-bond acceptors (Lipinski definition) is 4. The smallest absolute Gasteiger partial charge is 0.117 e. The van der Waals surface area contributed by atoms with Gasteiger partial charge in [0.15, 0.2) is 0 Å². The van der Waals surface area contributed by atoms with Crippen LogP contribution in [0.15, 0.2) is 73.1 Å². The molecular weight excluding hydrogens is 405 g/mol. The predicted molar refractivity (Wildman–Crippen MR) is 116 cm³/mol. The van der Waals surface area contributed by atoms with Gasteiger partial charge in [-0.3, -0.25) is 4.98 Å². The summed E-state index contributed by atoms with van der Waals surface area (Å²) in [5.74, 6) is 0. The zero-order valence-electron chi connectivity index (χ0n) is 15.6. The van der Waals surface area contributed by atoms with Crippen molar-refractivity contribution in [1.29, 1.82) is 0 Å². The molecule has 2 aromatic heterocycles. The average Bonchev–Trinajstić information content (AvgIpc) is 3.15. The molecule has 146 valence electrons. The molecule has 4 aromatic rings. The van der Waals surface area contributed by atoms with Crippen molar-refractivity contribution in [2.45, 2.75) is 19.6 Å². The van der Waals surface area contributed by atoms with Crippen molar-refractivity contribution in [2.75, 3.05) is 0 Å². The van der Waals surface area contributed by atoms with Crippen molar-refractivity contribution in [1.82, 2.24) is 25.3 Å². The van der Waals surface area contributed by atoms with E-state index in [9.17, 15) is 0 Å². The number of pyridine rings is 1. The van der Waals surface area contributed by atoms with Gasteiger partial charge in [0.05, 0.1) is 6.54 Å². The van der Waals surface area contributed by atoms with Crippen molar-refractivity contribution >= 4 is 23.2 Å². The summed E-state index contributed by atoms with van der Waals surface area (Å²) in [7, 11) is 0. The molecule has 1 N–H and O–H groups in total. The first-order chi connectivity index (χ1) is 14.2. The van der Waals surface area contributed by atoms with Crippen LogP contribution in [0.3, 0.4) is 0 Å². The van der Waals surface area contributed by atoms with E-state index >= 15 is 0 Å². The lowest BCUT2D eigenvalue weighted by Crippen LogP contribution is -2.14. The summed E-state index contributed by atoms with van der Waals surface area (Å²) in [6, 6.07) is 19.5. The van der Waals surface area contributed by atoms with Crippen LogP contribution < -0.4 is 5.32 Å². The number of nitrogens with zero attached hydrogens (tertiary/aromatic N) is 4. The molecule has 0 radical (unpaired) electrons. The Kier molecular flexibility index (Phi) is 6.20. The first-order valence-corrected chi connectivity index (χ1v) is 9.98. The van der Waals surface area contributed by atoms with Crippen LogP contribution in [0.4, 0.5) is 0 Å². The zero-order valence-corrected chi connectivity index (χ0v) is 17.1. The van der Waals surface area contributed by atoms with E-state index in [2.05, 4.69) is 10.3 Å². The molecule has 0 aliphatic carbocycles. The predicted octanol–water partition coefficient (Wildman–Crippen LogP) is 4.99. The van der Waals surface area contributed by atoms with E-state index in [0.29, 0.717) is 23.1 Å². The Bertz CT molecular complexity index is 1060. The van der Waals surface area contributed by atoms with Crippen molar-refractivity contribution in [3.05, 3.63) is 99.9 Å². The molecule has 29 heavy (non-hydrogen) atoms. The fourth-order valence-corrected chi connectivity index (χ4v) is 3.56. The molecule has 7 heteroatoms. The van der Waals surface area contributed by atoms with Gasteiger partial charge in [-0.25, -0.2) is 0 Å². The first-order valence-electron chi connectivity index (χ1n) is 9.22. The third-order valence-corrected chi connectivity index (χ3v) is 5.21. The Morgan fingerprint density at radius 1 is 0.793 bits per heavy atom. The van der Waals surface area contributed by atoms with Crippen molar-refractivity contribution < 1.29 is 0 Å². The second kappa shape index (κ2) is 9.18. The molecule has 0 unspecified atom stereocenters. The summed E-state index contributed by atoms with van der Waals surface area (Å²) in [4.78, 5) is 5.70. The maximum atomic E-state index is 6.32. The van der Waals surface area contributed by atoms with Crippen molar-refractivity contribution in [3.63, 3.8) is 0 Å². The minimum absolute atomic E-state index is 0.405. The van der Waals surface area contributed by atoms with Crippen molar-refractivity contribution in [3.8, 4) is 11.3 Å². The summed E-state index contributed by atoms with van der Waals surface area (Å²) in [6.07, 6.45) is 3.58. The minimum atomic E-state index is 0.405. The van der Waals surface area contributed by atoms with E-state index in [1.54, 1.807) is 17.2 Å². The zero-order chi connectivity index (χ0) is 20.1. The number of halogens is 2. The number of aromatic nitrogens is 4. The highest BCUT2D eigenvalue weighted by molar-refractivity contribution is 6.35. The highest BCUT2D eigenvalue weighted by Crippen LogP contribution is 2.26. The number of hydrogen-bond donors (Lipinski definition) is 1. The molecule has 0 atom stereocenters. The van der Waals surface area contributed by atoms with Gasteiger partial charge in [-0.2, -0.15) is 15.0 Å². The lowest BCUT2D eigenvalue weighted by molar-refractivity contribution is 0.576. The molecule has 2 heterocycles. The standard InChI is InChI=1S/C22H19Cl2N5/c23-19-7-4-8-20(24)18(19)15-29-27-21(14-26-13-16-9-11-25-12-10-16)22(28-29)17-5-2-1-3-6-17/h1-12,26H,13-15H2. The maximum absolute atomic E-state index is 6.32. The second-order valence-corrected chi connectivity index (χ2v) is 7.37. The van der Waals surface area contributed by atoms with Gasteiger partial charge in [0.1, 0.15) is 11.4 Å². The van der Waals surface area contributed by atoms with Crippen LogP contribution in [-0.2, 0) is 19.6 Å². The van der Waals surface area contributed by atoms with Gasteiger partial charge >= 0.3 is 0 Å². The molecule has 4 rings (SSSR count). The molecule has 0 aliphatic rings. The molecule has 5 nitrogen and oxygen atoms in total. The summed E-state index contributed by atoms with van der Waals surface area (Å²) in [6.45, 7) is 1.71. The first kappa shape index (κ1) is 19.6. The van der Waals surface area contributed by atoms with E-state index < -0.39 is 0 Å². The second-order valence-electron chi connectivity index (χ2n) is 6.55. The van der Waals surface area contributed by atoms with Crippen LogP contribution in [0.5, 0.6) is 0 Å². The van der Waals surface area contributed by atoms with E-state index in [-0.39, 0.29) is 0 Å². The monoisotopic (exact) mass is 423 g/mol. The molecule has 0 spiro atoms. The Hall–Kier alpha value is -2.73. The molecule has 0 fully saturated rings. The van der Waals surface area contributed by atoms with E-state index in [4.69, 9.17) is 33.4 Å². The Balaban J connectivity index is 1.59. The molecule has 0 aliphatic heterocycles. The Labute approximate surface area is 179 Å². The van der Waals surface area contributed by atoms with Gasteiger partial charge < -0.3 is 5.32 Å². The Morgan fingerprint density at radius 2 is 1.52 bits per heavy atom. The van der Waals surface area contributed by atoms with Crippen LogP contribution in [0.1, 0.15) is 16.8 Å². The van der Waals surface area contributed by atoms with E-state index in [1.165, 1.54) is 0 Å². The van der Waals surface area contributed by atoms with Gasteiger partial charge in [-0.05, 0) is 29.8 Å². The SMILES string of the molecule is Clc1cccc(Cl)c1Cn1nc(CNCc2ccncc2)c(-c2ccccc2)n1. The summed E-state index contributed by atoms with van der Waals surface area (Å²) < 4.78 is 0. The van der Waals surface area contributed by atoms with Crippen LogP contribution in [0.25, 0.3) is 11.3 Å². The maximum Gasteiger partial charge on any atom is 0.117 e. The number of nitrogens with one attached hydrogen (secondary N) is 1. The van der Waals surface area contributed by atoms with Crippen molar-refractivity contribution in [2.24, 2.45) is 0 Å². The quantitative estimate of drug-likeness (QED) is 0.455. The van der Waals surface area contributed by atoms with Gasteiger partial charge in [0, 0.05) is 46.7 Å². The molecule has 2 aromatic carbocycles. The molecule has 0 saturated heterocycles. The van der Waals surface area contributed by atoms with E-state index in [1.807, 2.05) is 60.7 Å². The summed E-state index contributed by atoms with van der Waals surface area (Å²) in [5.41, 5.74) is 4.70. The largest absolute Gasteiger partial charge is 0.307 e. The fourth-order valence-electron chi connectivity index (χ4n) is 3.04. The van der Waals surface area contributed by atoms with Gasteiger partial charge in [-0.15, -0.1) is 0 Å². The molecule has 0 bridgehead atoms. The van der Waals surface area contributed by atoms with Crippen LogP contribution >= 0.6 is 23.2 Å². The van der Waals surface area contributed by atoms with Gasteiger partial charge in [0.25, 0.3) is 0 Å². The average molecular weight is 424 g/mol. The lowest BCUT2D eigenvalue weighted by atomic mass is 10.1. The number of rotatable bonds is 7. The normalized spacial score (nSPS) is 11.0. The summed E-state index contributed by atoms with van der Waals surface area (Å²) in [5, 5.41) is 14.1. The molecule has 0 saturated carbocycles. The highest BCUT2D eigenvalue weighted by atomic mass is 35.5. The van der Waals surface area contributed by atoms with Crippen LogP contribution in [0.2, 0.25) is 10.0 Å². The fraction of sp³-hybridized carbons (Fsp3) is 0.136. The third-order valence-electron chi connectivity index (χ3n) is 4.50. The van der Waals surface area contributed by atoms with Crippen LogP contribution in [-0.4, -0.2) is 20.0 Å². The van der Waals surface area contributed by atoms with Gasteiger partial charge in [-0.1, -0.05) is 59.6 Å².